The zero-order chi connectivity index (χ0) is 25.5. The van der Waals surface area contributed by atoms with Crippen LogP contribution in [0.5, 0.6) is 5.75 Å². The molecule has 2 bridgehead atoms. The molecule has 0 spiro atoms. The minimum atomic E-state index is -3.16. The van der Waals surface area contributed by atoms with Crippen LogP contribution in [0, 0.1) is 23.7 Å². The lowest BCUT2D eigenvalue weighted by Gasteiger charge is -2.35. The largest absolute Gasteiger partial charge is 0.460 e. The Kier molecular flexibility index (Phi) is 6.83. The normalized spacial score (nSPS) is 29.0. The lowest BCUT2D eigenvalue weighted by Crippen LogP contribution is -2.48. The van der Waals surface area contributed by atoms with E-state index >= 15 is 0 Å². The first-order valence-electron chi connectivity index (χ1n) is 11.8. The Balaban J connectivity index is 1.46. The molecule has 3 fully saturated rings. The fourth-order valence-corrected chi connectivity index (χ4v) is 5.79. The summed E-state index contributed by atoms with van der Waals surface area (Å²) >= 11 is 0. The van der Waals surface area contributed by atoms with E-state index in [1.54, 1.807) is 35.2 Å². The number of ether oxygens (including phenoxy) is 3. The molecular weight excluding hydrogens is 464 g/mol. The lowest BCUT2D eigenvalue weighted by molar-refractivity contribution is -0.163. The Morgan fingerprint density at radius 1 is 1.09 bits per heavy atom. The van der Waals surface area contributed by atoms with Crippen molar-refractivity contribution in [3.8, 4) is 5.75 Å². The van der Waals surface area contributed by atoms with E-state index in [1.807, 2.05) is 13.8 Å². The van der Waals surface area contributed by atoms with Crippen molar-refractivity contribution >= 4 is 23.8 Å². The molecule has 1 saturated heterocycles. The van der Waals surface area contributed by atoms with Crippen LogP contribution in [0.4, 0.5) is 8.78 Å². The molecule has 1 aliphatic heterocycles. The average Bonchev–Trinajstić information content (AvgIpc) is 3.39. The van der Waals surface area contributed by atoms with Gasteiger partial charge in [-0.1, -0.05) is 18.2 Å². The highest BCUT2D eigenvalue weighted by atomic mass is 19.3. The van der Waals surface area contributed by atoms with Gasteiger partial charge in [-0.25, -0.2) is 8.78 Å². The van der Waals surface area contributed by atoms with Gasteiger partial charge >= 0.3 is 17.9 Å². The first-order valence-corrected chi connectivity index (χ1v) is 11.8. The van der Waals surface area contributed by atoms with Crippen molar-refractivity contribution in [1.29, 1.82) is 0 Å². The predicted octanol–water partition coefficient (Wildman–Crippen LogP) is 2.98. The van der Waals surface area contributed by atoms with Gasteiger partial charge in [0.2, 0.25) is 5.91 Å². The van der Waals surface area contributed by atoms with Gasteiger partial charge in [0.05, 0.1) is 30.7 Å². The summed E-state index contributed by atoms with van der Waals surface area (Å²) in [6, 6.07) is 8.04. The van der Waals surface area contributed by atoms with Crippen LogP contribution in [0.15, 0.2) is 30.3 Å². The van der Waals surface area contributed by atoms with Crippen molar-refractivity contribution in [1.82, 2.24) is 4.90 Å². The molecule has 0 N–H and O–H groups in total. The Hall–Kier alpha value is -3.04. The van der Waals surface area contributed by atoms with Gasteiger partial charge in [-0.05, 0) is 38.3 Å². The van der Waals surface area contributed by atoms with Crippen LogP contribution in [0.1, 0.15) is 40.0 Å². The third kappa shape index (κ3) is 5.01. The molecule has 6 unspecified atom stereocenters. The Labute approximate surface area is 201 Å². The number of carbonyl (C=O) groups is 4. The summed E-state index contributed by atoms with van der Waals surface area (Å²) in [6.07, 6.45) is -0.936. The van der Waals surface area contributed by atoms with E-state index in [0.717, 1.165) is 0 Å². The van der Waals surface area contributed by atoms with E-state index in [9.17, 15) is 28.0 Å². The molecule has 190 valence electrons. The second-order valence-corrected chi connectivity index (χ2v) is 9.86. The van der Waals surface area contributed by atoms with Gasteiger partial charge in [0.25, 0.3) is 5.92 Å². The van der Waals surface area contributed by atoms with Gasteiger partial charge < -0.3 is 19.1 Å². The molecule has 1 heterocycles. The number of esters is 3. The molecule has 0 aromatic heterocycles. The molecular formula is C25H29F2NO7. The zero-order valence-electron chi connectivity index (χ0n) is 19.8. The van der Waals surface area contributed by atoms with Gasteiger partial charge in [-0.2, -0.15) is 0 Å². The highest BCUT2D eigenvalue weighted by Crippen LogP contribution is 2.60. The van der Waals surface area contributed by atoms with Gasteiger partial charge in [0, 0.05) is 18.9 Å². The molecule has 2 aliphatic carbocycles. The molecule has 0 radical (unpaired) electrons. The number of hydrogen-bond acceptors (Lipinski definition) is 7. The number of amides is 1. The molecule has 3 aliphatic rings. The summed E-state index contributed by atoms with van der Waals surface area (Å²) in [4.78, 5) is 52.4. The number of rotatable bonds is 9. The molecule has 35 heavy (non-hydrogen) atoms. The van der Waals surface area contributed by atoms with E-state index in [0.29, 0.717) is 19.1 Å². The summed E-state index contributed by atoms with van der Waals surface area (Å²) < 4.78 is 41.5. The van der Waals surface area contributed by atoms with Crippen LogP contribution in [0.3, 0.4) is 0 Å². The minimum absolute atomic E-state index is 0.141. The van der Waals surface area contributed by atoms with E-state index in [2.05, 4.69) is 4.74 Å². The number of alkyl halides is 2. The smallest absolute Gasteiger partial charge is 0.315 e. The molecule has 4 rings (SSSR count). The first kappa shape index (κ1) is 25.1. The molecule has 1 aromatic rings. The summed E-state index contributed by atoms with van der Waals surface area (Å²) in [6.45, 7) is 3.30. The Morgan fingerprint density at radius 2 is 1.74 bits per heavy atom. The number of fused-ring (bicyclic) bond motifs is 1. The average molecular weight is 494 g/mol. The Morgan fingerprint density at radius 3 is 2.37 bits per heavy atom. The minimum Gasteiger partial charge on any atom is -0.460 e. The van der Waals surface area contributed by atoms with E-state index in [1.165, 1.54) is 0 Å². The first-order chi connectivity index (χ1) is 16.5. The van der Waals surface area contributed by atoms with Crippen LogP contribution < -0.4 is 4.74 Å². The summed E-state index contributed by atoms with van der Waals surface area (Å²) in [7, 11) is 0. The summed E-state index contributed by atoms with van der Waals surface area (Å²) in [5.74, 6) is -6.91. The maximum absolute atomic E-state index is 13.3. The molecule has 6 atom stereocenters. The number of likely N-dealkylation sites (tertiary alicyclic amines) is 1. The van der Waals surface area contributed by atoms with Gasteiger partial charge in [-0.3, -0.25) is 19.2 Å². The number of benzene rings is 1. The van der Waals surface area contributed by atoms with Crippen molar-refractivity contribution in [2.24, 2.45) is 23.7 Å². The highest BCUT2D eigenvalue weighted by Gasteiger charge is 2.71. The summed E-state index contributed by atoms with van der Waals surface area (Å²) in [5, 5.41) is 0. The third-order valence-electron chi connectivity index (χ3n) is 6.99. The van der Waals surface area contributed by atoms with E-state index < -0.39 is 60.7 Å². The van der Waals surface area contributed by atoms with Gasteiger partial charge in [0.15, 0.2) is 6.61 Å². The number of para-hydroxylation sites is 1. The molecule has 1 aromatic carbocycles. The SMILES string of the molecule is CC(C)N1C(=O)C2C3CC(C(OC(=O)CCC(=O)OCC(C)(F)F)C31)C2C(=O)Oc1ccccc1. The van der Waals surface area contributed by atoms with Crippen molar-refractivity contribution in [3.63, 3.8) is 0 Å². The van der Waals surface area contributed by atoms with Crippen LogP contribution in [0.25, 0.3) is 0 Å². The number of halogens is 2. The van der Waals surface area contributed by atoms with Crippen LogP contribution >= 0.6 is 0 Å². The highest BCUT2D eigenvalue weighted by molar-refractivity contribution is 5.91. The third-order valence-corrected chi connectivity index (χ3v) is 6.99. The standard InChI is InChI=1S/C25H29F2NO7/c1-13(2)28-21-15-11-16(22(21)35-18(30)10-9-17(29)33-12-25(3,26)27)20(19(15)23(28)31)24(32)34-14-7-5-4-6-8-14/h4-8,13,15-16,19-22H,9-12H2,1-3H3. The van der Waals surface area contributed by atoms with Crippen LogP contribution in [-0.2, 0) is 28.7 Å². The maximum atomic E-state index is 13.3. The number of carbonyl (C=O) groups excluding carboxylic acids is 4. The molecule has 2 saturated carbocycles. The summed E-state index contributed by atoms with van der Waals surface area (Å²) in [5.41, 5.74) is 0. The topological polar surface area (TPSA) is 99.2 Å². The molecule has 8 nitrogen and oxygen atoms in total. The van der Waals surface area contributed by atoms with E-state index in [-0.39, 0.29) is 30.3 Å². The maximum Gasteiger partial charge on any atom is 0.315 e. The Bertz CT molecular complexity index is 993. The van der Waals surface area contributed by atoms with Crippen LogP contribution in [-0.4, -0.2) is 59.4 Å². The van der Waals surface area contributed by atoms with Crippen molar-refractivity contribution in [3.05, 3.63) is 30.3 Å². The van der Waals surface area contributed by atoms with E-state index in [4.69, 9.17) is 9.47 Å². The quantitative estimate of drug-likeness (QED) is 0.385. The van der Waals surface area contributed by atoms with Crippen LogP contribution in [0.2, 0.25) is 0 Å². The van der Waals surface area contributed by atoms with Crippen molar-refractivity contribution in [2.75, 3.05) is 6.61 Å². The number of hydrogen-bond donors (Lipinski definition) is 0. The predicted molar refractivity (Wildman–Crippen MR) is 117 cm³/mol. The zero-order valence-corrected chi connectivity index (χ0v) is 19.8. The van der Waals surface area contributed by atoms with Crippen molar-refractivity contribution in [2.45, 2.75) is 64.1 Å². The molecule has 10 heteroatoms. The van der Waals surface area contributed by atoms with Gasteiger partial charge in [-0.15, -0.1) is 0 Å². The van der Waals surface area contributed by atoms with Gasteiger partial charge in [0.1, 0.15) is 11.9 Å². The molecule has 1 amide bonds. The number of nitrogens with zero attached hydrogens (tertiary/aromatic N) is 1. The monoisotopic (exact) mass is 493 g/mol. The van der Waals surface area contributed by atoms with Crippen molar-refractivity contribution < 1.29 is 42.2 Å². The lowest BCUT2D eigenvalue weighted by atomic mass is 9.78. The fraction of sp³-hybridized carbons (Fsp3) is 0.600. The second-order valence-electron chi connectivity index (χ2n) is 9.86. The fourth-order valence-electron chi connectivity index (χ4n) is 5.79. The second kappa shape index (κ2) is 9.54.